The van der Waals surface area contributed by atoms with E-state index in [-0.39, 0.29) is 12.2 Å². The number of thiophene rings is 1. The van der Waals surface area contributed by atoms with Crippen molar-refractivity contribution in [2.24, 2.45) is 5.73 Å². The van der Waals surface area contributed by atoms with Gasteiger partial charge < -0.3 is 10.7 Å². The van der Waals surface area contributed by atoms with E-state index < -0.39 is 10.8 Å². The lowest BCUT2D eigenvalue weighted by molar-refractivity contribution is -0.106. The van der Waals surface area contributed by atoms with Crippen molar-refractivity contribution in [2.75, 3.05) is 11.5 Å². The van der Waals surface area contributed by atoms with E-state index in [1.54, 1.807) is 41.8 Å². The van der Waals surface area contributed by atoms with E-state index in [4.69, 9.17) is 16.4 Å². The van der Waals surface area contributed by atoms with Crippen LogP contribution in [-0.4, -0.2) is 52.3 Å². The third-order valence-electron chi connectivity index (χ3n) is 5.11. The lowest BCUT2D eigenvalue weighted by Crippen LogP contribution is -2.08. The van der Waals surface area contributed by atoms with Crippen LogP contribution < -0.4 is 5.73 Å². The molecular weight excluding hydrogens is 549 g/mol. The molecule has 0 saturated carbocycles. The number of imidazole rings is 1. The fourth-order valence-corrected chi connectivity index (χ4v) is 5.62. The summed E-state index contributed by atoms with van der Waals surface area (Å²) in [7, 11) is -0.440. The van der Waals surface area contributed by atoms with Gasteiger partial charge in [0.25, 0.3) is 0 Å². The summed E-state index contributed by atoms with van der Waals surface area (Å²) in [5, 5.41) is 6.53. The van der Waals surface area contributed by atoms with Crippen molar-refractivity contribution in [3.63, 3.8) is 0 Å². The normalized spacial score (nSPS) is 12.8. The predicted octanol–water partition coefficient (Wildman–Crippen LogP) is 5.28. The molecule has 4 N–H and O–H groups in total. The molecule has 0 atom stereocenters. The first-order valence-corrected chi connectivity index (χ1v) is 14.3. The fourth-order valence-electron chi connectivity index (χ4n) is 3.36. The summed E-state index contributed by atoms with van der Waals surface area (Å²) in [4.78, 5) is 25.7. The number of aromatic amines is 2. The first-order valence-electron chi connectivity index (χ1n) is 11.6. The molecule has 13 heteroatoms. The molecule has 0 radical (unpaired) electrons. The zero-order chi connectivity index (χ0) is 27.3. The molecule has 1 amide bonds. The first kappa shape index (κ1) is 29.1. The number of benzene rings is 1. The topological polar surface area (TPSA) is 143 Å². The van der Waals surface area contributed by atoms with Crippen LogP contribution in [0.5, 0.6) is 0 Å². The Labute approximate surface area is 230 Å². The standard InChI is InChI=1S/C14H9FN6.C5H5ClS.C5H10OS.CH3NO/c15-9-4-2-1-3-8(9)13-19-10-5-11(14-17-7-18-21-14)16-6-12(10)20-13;1-4-2-3-5(6)7-4;6-7-4-2-1-3-5-7;2-1-3/h1-7H,(H,19,20)(H,17,18,21);2-3H,1H3;1-5H2;1H,(H2,2,3). The molecule has 1 saturated heterocycles. The van der Waals surface area contributed by atoms with Gasteiger partial charge >= 0.3 is 0 Å². The summed E-state index contributed by atoms with van der Waals surface area (Å²) in [5.41, 5.74) is 6.65. The van der Waals surface area contributed by atoms with Gasteiger partial charge in [-0.2, -0.15) is 5.10 Å². The number of aryl methyl sites for hydroxylation is 1. The van der Waals surface area contributed by atoms with Crippen molar-refractivity contribution in [1.82, 2.24) is 30.1 Å². The second-order valence-corrected chi connectivity index (χ2v) is 11.5. The molecule has 0 unspecified atom stereocenters. The molecule has 0 aliphatic carbocycles. The average molecular weight is 576 g/mol. The maximum absolute atomic E-state index is 13.8. The van der Waals surface area contributed by atoms with Crippen molar-refractivity contribution in [1.29, 1.82) is 0 Å². The third kappa shape index (κ3) is 8.82. The van der Waals surface area contributed by atoms with Crippen LogP contribution in [0.15, 0.2) is 55.0 Å². The molecule has 1 aromatic carbocycles. The average Bonchev–Trinajstić information content (AvgIpc) is 3.67. The van der Waals surface area contributed by atoms with E-state index in [0.717, 1.165) is 21.4 Å². The number of fused-ring (bicyclic) bond motifs is 1. The Hall–Kier alpha value is -3.48. The molecule has 5 aromatic rings. The molecule has 1 aliphatic rings. The monoisotopic (exact) mass is 575 g/mol. The van der Waals surface area contributed by atoms with Crippen molar-refractivity contribution < 1.29 is 13.4 Å². The van der Waals surface area contributed by atoms with Crippen molar-refractivity contribution in [3.8, 4) is 22.9 Å². The summed E-state index contributed by atoms with van der Waals surface area (Å²) >= 11 is 7.19. The fraction of sp³-hybridized carbons (Fsp3) is 0.240. The Kier molecular flexibility index (Phi) is 11.5. The Morgan fingerprint density at radius 2 is 1.84 bits per heavy atom. The molecule has 5 heterocycles. The molecule has 4 aromatic heterocycles. The van der Waals surface area contributed by atoms with Crippen LogP contribution in [0.2, 0.25) is 4.34 Å². The molecule has 1 aliphatic heterocycles. The minimum Gasteiger partial charge on any atom is -0.372 e. The summed E-state index contributed by atoms with van der Waals surface area (Å²) in [5.74, 6) is 2.63. The number of amides is 1. The minimum absolute atomic E-state index is 0.250. The molecule has 0 spiro atoms. The Morgan fingerprint density at radius 1 is 1.11 bits per heavy atom. The lowest BCUT2D eigenvalue weighted by atomic mass is 10.2. The zero-order valence-electron chi connectivity index (χ0n) is 20.6. The highest BCUT2D eigenvalue weighted by atomic mass is 35.5. The molecule has 0 bridgehead atoms. The molecule has 38 heavy (non-hydrogen) atoms. The van der Waals surface area contributed by atoms with Gasteiger partial charge in [-0.05, 0) is 50.1 Å². The van der Waals surface area contributed by atoms with Gasteiger partial charge in [0.15, 0.2) is 5.82 Å². The smallest absolute Gasteiger partial charge is 0.204 e. The highest BCUT2D eigenvalue weighted by Gasteiger charge is 2.11. The van der Waals surface area contributed by atoms with E-state index in [1.165, 1.54) is 36.5 Å². The van der Waals surface area contributed by atoms with Crippen LogP contribution in [0.4, 0.5) is 4.39 Å². The maximum atomic E-state index is 13.8. The number of primary amides is 1. The number of H-pyrrole nitrogens is 2. The van der Waals surface area contributed by atoms with E-state index in [2.05, 4.69) is 35.9 Å². The van der Waals surface area contributed by atoms with Gasteiger partial charge in [-0.1, -0.05) is 30.2 Å². The van der Waals surface area contributed by atoms with Gasteiger partial charge in [-0.25, -0.2) is 14.4 Å². The number of aromatic nitrogens is 6. The first-order chi connectivity index (χ1) is 18.4. The van der Waals surface area contributed by atoms with E-state index >= 15 is 0 Å². The van der Waals surface area contributed by atoms with Gasteiger partial charge in [0.1, 0.15) is 23.7 Å². The highest BCUT2D eigenvalue weighted by molar-refractivity contribution is 7.85. The summed E-state index contributed by atoms with van der Waals surface area (Å²) < 4.78 is 25.3. The van der Waals surface area contributed by atoms with E-state index in [1.807, 2.05) is 19.1 Å². The quantitative estimate of drug-likeness (QED) is 0.244. The Bertz CT molecular complexity index is 1430. The van der Waals surface area contributed by atoms with Crippen LogP contribution >= 0.6 is 22.9 Å². The SMILES string of the molecule is Cc1ccc(Cl)s1.Fc1ccccc1-c1nc2cc(-c3ncn[nH]3)ncc2[nH]1.NC=O.O=S1CCCCC1. The van der Waals surface area contributed by atoms with Gasteiger partial charge in [-0.15, -0.1) is 11.3 Å². The molecule has 6 rings (SSSR count). The highest BCUT2D eigenvalue weighted by Crippen LogP contribution is 2.24. The van der Waals surface area contributed by atoms with E-state index in [9.17, 15) is 8.60 Å². The van der Waals surface area contributed by atoms with Gasteiger partial charge in [0.2, 0.25) is 6.41 Å². The van der Waals surface area contributed by atoms with Gasteiger partial charge in [0.05, 0.1) is 27.1 Å². The molecule has 200 valence electrons. The van der Waals surface area contributed by atoms with Gasteiger partial charge in [0, 0.05) is 27.2 Å². The van der Waals surface area contributed by atoms with Crippen LogP contribution in [0.3, 0.4) is 0 Å². The maximum Gasteiger partial charge on any atom is 0.204 e. The second-order valence-electron chi connectivity index (χ2n) is 7.88. The number of pyridine rings is 1. The number of carbonyl (C=O) groups excluding carboxylic acids is 1. The number of halogens is 2. The number of nitrogens with zero attached hydrogens (tertiary/aromatic N) is 4. The van der Waals surface area contributed by atoms with Crippen LogP contribution in [0, 0.1) is 12.7 Å². The van der Waals surface area contributed by atoms with E-state index in [0.29, 0.717) is 28.4 Å². The summed E-state index contributed by atoms with van der Waals surface area (Å²) in [6.07, 6.45) is 6.98. The van der Waals surface area contributed by atoms with Crippen molar-refractivity contribution in [3.05, 3.63) is 70.0 Å². The number of nitrogens with two attached hydrogens (primary N) is 1. The molecule has 1 fully saturated rings. The second kappa shape index (κ2) is 15.1. The minimum atomic E-state index is -0.440. The predicted molar refractivity (Wildman–Crippen MR) is 151 cm³/mol. The lowest BCUT2D eigenvalue weighted by Gasteiger charge is -2.06. The summed E-state index contributed by atoms with van der Waals surface area (Å²) in [6, 6.07) is 12.2. The number of hydrogen-bond acceptors (Lipinski definition) is 7. The van der Waals surface area contributed by atoms with Crippen molar-refractivity contribution in [2.45, 2.75) is 26.2 Å². The molecular formula is C25H27ClFN7O2S2. The number of carbonyl (C=O) groups is 1. The van der Waals surface area contributed by atoms with Crippen LogP contribution in [0.25, 0.3) is 33.9 Å². The Balaban J connectivity index is 0.000000192. The number of nitrogens with one attached hydrogen (secondary N) is 2. The zero-order valence-corrected chi connectivity index (χ0v) is 23.0. The number of hydrogen-bond donors (Lipinski definition) is 3. The third-order valence-corrected chi connectivity index (χ3v) is 7.74. The largest absolute Gasteiger partial charge is 0.372 e. The van der Waals surface area contributed by atoms with Crippen LogP contribution in [-0.2, 0) is 15.6 Å². The molecule has 9 nitrogen and oxygen atoms in total. The summed E-state index contributed by atoms with van der Waals surface area (Å²) in [6.45, 7) is 2.04. The van der Waals surface area contributed by atoms with Gasteiger partial charge in [-0.3, -0.25) is 19.1 Å². The Morgan fingerprint density at radius 3 is 2.37 bits per heavy atom. The number of rotatable bonds is 2. The van der Waals surface area contributed by atoms with Crippen LogP contribution in [0.1, 0.15) is 24.1 Å². The van der Waals surface area contributed by atoms with Crippen molar-refractivity contribution >= 4 is 51.2 Å².